The van der Waals surface area contributed by atoms with E-state index in [-0.39, 0.29) is 5.92 Å². The Bertz CT molecular complexity index is 394. The number of ether oxygens (including phenoxy) is 1. The zero-order valence-electron chi connectivity index (χ0n) is 9.72. The molecule has 3 nitrogen and oxygen atoms in total. The van der Waals surface area contributed by atoms with E-state index in [9.17, 15) is 9.59 Å². The van der Waals surface area contributed by atoms with Crippen molar-refractivity contribution in [1.29, 1.82) is 0 Å². The van der Waals surface area contributed by atoms with Gasteiger partial charge in [-0.2, -0.15) is 0 Å². The van der Waals surface area contributed by atoms with Gasteiger partial charge in [0.25, 0.3) is 0 Å². The molecule has 1 fully saturated rings. The van der Waals surface area contributed by atoms with Crippen molar-refractivity contribution in [3.05, 3.63) is 29.8 Å². The van der Waals surface area contributed by atoms with Gasteiger partial charge >= 0.3 is 0 Å². The molecule has 0 heterocycles. The molecule has 17 heavy (non-hydrogen) atoms. The zero-order chi connectivity index (χ0) is 12.1. The van der Waals surface area contributed by atoms with Crippen molar-refractivity contribution < 1.29 is 14.3 Å². The SMILES string of the molecule is O=Cc1ccc(OCCC2CCCC2=O)cc1. The zero-order valence-corrected chi connectivity index (χ0v) is 9.72. The van der Waals surface area contributed by atoms with Gasteiger partial charge < -0.3 is 4.74 Å². The molecule has 1 aliphatic rings. The third kappa shape index (κ3) is 3.16. The smallest absolute Gasteiger partial charge is 0.150 e. The fourth-order valence-corrected chi connectivity index (χ4v) is 2.15. The van der Waals surface area contributed by atoms with E-state index in [1.165, 1.54) is 0 Å². The Hall–Kier alpha value is -1.64. The van der Waals surface area contributed by atoms with Crippen LogP contribution >= 0.6 is 0 Å². The van der Waals surface area contributed by atoms with Crippen LogP contribution in [0.2, 0.25) is 0 Å². The van der Waals surface area contributed by atoms with Crippen LogP contribution in [0.15, 0.2) is 24.3 Å². The number of benzene rings is 1. The summed E-state index contributed by atoms with van der Waals surface area (Å²) in [5, 5.41) is 0. The Kier molecular flexibility index (Phi) is 3.91. The predicted octanol–water partition coefficient (Wildman–Crippen LogP) is 2.64. The summed E-state index contributed by atoms with van der Waals surface area (Å²) in [5.74, 6) is 1.33. The van der Waals surface area contributed by atoms with Gasteiger partial charge in [0.15, 0.2) is 0 Å². The van der Waals surface area contributed by atoms with Crippen LogP contribution < -0.4 is 4.74 Å². The van der Waals surface area contributed by atoms with Gasteiger partial charge in [0.05, 0.1) is 6.61 Å². The topological polar surface area (TPSA) is 43.4 Å². The van der Waals surface area contributed by atoms with Crippen LogP contribution in [0.5, 0.6) is 5.75 Å². The molecule has 0 saturated heterocycles. The van der Waals surface area contributed by atoms with Gasteiger partial charge in [-0.1, -0.05) is 0 Å². The lowest BCUT2D eigenvalue weighted by Gasteiger charge is -2.09. The summed E-state index contributed by atoms with van der Waals surface area (Å²) >= 11 is 0. The summed E-state index contributed by atoms with van der Waals surface area (Å²) in [6.07, 6.45) is 4.37. The van der Waals surface area contributed by atoms with Gasteiger partial charge in [0.1, 0.15) is 17.8 Å². The highest BCUT2D eigenvalue weighted by atomic mass is 16.5. The lowest BCUT2D eigenvalue weighted by molar-refractivity contribution is -0.121. The maximum absolute atomic E-state index is 11.4. The number of rotatable bonds is 5. The molecular weight excluding hydrogens is 216 g/mol. The van der Waals surface area contributed by atoms with Crippen molar-refractivity contribution in [3.8, 4) is 5.75 Å². The van der Waals surface area contributed by atoms with Crippen LogP contribution in [0.3, 0.4) is 0 Å². The summed E-state index contributed by atoms with van der Waals surface area (Å²) in [6.45, 7) is 0.566. The summed E-state index contributed by atoms with van der Waals surface area (Å²) in [6, 6.07) is 7.01. The van der Waals surface area contributed by atoms with Gasteiger partial charge in [-0.15, -0.1) is 0 Å². The first-order chi connectivity index (χ1) is 8.29. The first-order valence-electron chi connectivity index (χ1n) is 6.00. The second kappa shape index (κ2) is 5.62. The minimum atomic E-state index is 0.198. The molecule has 1 aromatic rings. The third-order valence-corrected chi connectivity index (χ3v) is 3.18. The first kappa shape index (κ1) is 11.8. The number of hydrogen-bond donors (Lipinski definition) is 0. The Morgan fingerprint density at radius 2 is 2.06 bits per heavy atom. The van der Waals surface area contributed by atoms with Gasteiger partial charge in [0, 0.05) is 17.9 Å². The summed E-state index contributed by atoms with van der Waals surface area (Å²) < 4.78 is 5.55. The molecule has 1 aromatic carbocycles. The monoisotopic (exact) mass is 232 g/mol. The van der Waals surface area contributed by atoms with Crippen molar-refractivity contribution in [1.82, 2.24) is 0 Å². The maximum Gasteiger partial charge on any atom is 0.150 e. The van der Waals surface area contributed by atoms with E-state index in [4.69, 9.17) is 4.74 Å². The highest BCUT2D eigenvalue weighted by Crippen LogP contribution is 2.24. The first-order valence-corrected chi connectivity index (χ1v) is 6.00. The molecule has 0 spiro atoms. The fourth-order valence-electron chi connectivity index (χ4n) is 2.15. The summed E-state index contributed by atoms with van der Waals surface area (Å²) in [7, 11) is 0. The van der Waals surface area contributed by atoms with Gasteiger partial charge in [-0.25, -0.2) is 0 Å². The Balaban J connectivity index is 1.77. The maximum atomic E-state index is 11.4. The van der Waals surface area contributed by atoms with Gasteiger partial charge in [-0.05, 0) is 43.5 Å². The van der Waals surface area contributed by atoms with Crippen LogP contribution in [-0.4, -0.2) is 18.7 Å². The van der Waals surface area contributed by atoms with Crippen molar-refractivity contribution in [2.75, 3.05) is 6.61 Å². The van der Waals surface area contributed by atoms with Crippen molar-refractivity contribution >= 4 is 12.1 Å². The molecule has 0 aliphatic heterocycles. The number of carbonyl (C=O) groups is 2. The Morgan fingerprint density at radius 1 is 1.29 bits per heavy atom. The Morgan fingerprint density at radius 3 is 2.65 bits per heavy atom. The number of aldehydes is 1. The number of carbonyl (C=O) groups excluding carboxylic acids is 2. The molecule has 1 atom stereocenters. The Labute approximate surface area is 101 Å². The minimum absolute atomic E-state index is 0.198. The largest absolute Gasteiger partial charge is 0.494 e. The lowest BCUT2D eigenvalue weighted by atomic mass is 10.0. The van der Waals surface area contributed by atoms with Gasteiger partial charge in [0.2, 0.25) is 0 Å². The quantitative estimate of drug-likeness (QED) is 0.733. The van der Waals surface area contributed by atoms with Crippen LogP contribution in [0.25, 0.3) is 0 Å². The average molecular weight is 232 g/mol. The van der Waals surface area contributed by atoms with E-state index >= 15 is 0 Å². The molecular formula is C14H16O3. The van der Waals surface area contributed by atoms with E-state index in [1.54, 1.807) is 24.3 Å². The second-order valence-corrected chi connectivity index (χ2v) is 4.38. The van der Waals surface area contributed by atoms with E-state index in [0.717, 1.165) is 37.7 Å². The molecule has 0 radical (unpaired) electrons. The van der Waals surface area contributed by atoms with Crippen LogP contribution in [0.1, 0.15) is 36.0 Å². The normalized spacial score (nSPS) is 19.3. The second-order valence-electron chi connectivity index (χ2n) is 4.38. The van der Waals surface area contributed by atoms with Crippen molar-refractivity contribution in [3.63, 3.8) is 0 Å². The molecule has 1 aliphatic carbocycles. The molecule has 0 N–H and O–H groups in total. The predicted molar refractivity (Wildman–Crippen MR) is 64.3 cm³/mol. The van der Waals surface area contributed by atoms with Crippen LogP contribution in [0, 0.1) is 5.92 Å². The van der Waals surface area contributed by atoms with E-state index in [2.05, 4.69) is 0 Å². The summed E-state index contributed by atoms with van der Waals surface area (Å²) in [5.41, 5.74) is 0.642. The van der Waals surface area contributed by atoms with E-state index in [1.807, 2.05) is 0 Å². The van der Waals surface area contributed by atoms with E-state index < -0.39 is 0 Å². The van der Waals surface area contributed by atoms with Crippen molar-refractivity contribution in [2.45, 2.75) is 25.7 Å². The van der Waals surface area contributed by atoms with Gasteiger partial charge in [-0.3, -0.25) is 9.59 Å². The standard InChI is InChI=1S/C14H16O3/c15-10-11-4-6-13(7-5-11)17-9-8-12-2-1-3-14(12)16/h4-7,10,12H,1-3,8-9H2. The molecule has 1 unspecified atom stereocenters. The molecule has 90 valence electrons. The fraction of sp³-hybridized carbons (Fsp3) is 0.429. The molecule has 1 saturated carbocycles. The van der Waals surface area contributed by atoms with Crippen LogP contribution in [0.4, 0.5) is 0 Å². The number of Topliss-reactive ketones (excluding diaryl/α,β-unsaturated/α-hetero) is 1. The molecule has 0 bridgehead atoms. The highest BCUT2D eigenvalue weighted by molar-refractivity contribution is 5.82. The highest BCUT2D eigenvalue weighted by Gasteiger charge is 2.23. The molecule has 3 heteroatoms. The molecule has 0 amide bonds. The molecule has 2 rings (SSSR count). The molecule has 0 aromatic heterocycles. The van der Waals surface area contributed by atoms with E-state index in [0.29, 0.717) is 18.0 Å². The number of hydrogen-bond acceptors (Lipinski definition) is 3. The summed E-state index contributed by atoms with van der Waals surface area (Å²) in [4.78, 5) is 21.9. The third-order valence-electron chi connectivity index (χ3n) is 3.18. The lowest BCUT2D eigenvalue weighted by Crippen LogP contribution is -2.11. The number of ketones is 1. The minimum Gasteiger partial charge on any atom is -0.494 e. The van der Waals surface area contributed by atoms with Crippen molar-refractivity contribution in [2.24, 2.45) is 5.92 Å². The van der Waals surface area contributed by atoms with Crippen LogP contribution in [-0.2, 0) is 4.79 Å². The average Bonchev–Trinajstić information content (AvgIpc) is 2.76.